The minimum absolute atomic E-state index is 0.0521. The number of rotatable bonds is 0. The molecular weight excluding hydrogens is 209 g/mol. The molecule has 0 fully saturated rings. The highest BCUT2D eigenvalue weighted by Crippen LogP contribution is 2.22. The van der Waals surface area contributed by atoms with Gasteiger partial charge in [-0.25, -0.2) is 14.2 Å². The van der Waals surface area contributed by atoms with Crippen LogP contribution in [-0.2, 0) is 0 Å². The molecule has 0 aliphatic carbocycles. The molecule has 0 spiro atoms. The molecule has 6 heteroatoms. The van der Waals surface area contributed by atoms with Crippen LogP contribution in [0, 0.1) is 11.9 Å². The third-order valence-corrected chi connectivity index (χ3v) is 2.02. The number of nitrogens with two attached hydrogens (primary N) is 1. The zero-order chi connectivity index (χ0) is 10.3. The molecule has 0 saturated carbocycles. The van der Waals surface area contributed by atoms with Crippen molar-refractivity contribution in [3.8, 4) is 0 Å². The van der Waals surface area contributed by atoms with E-state index in [1.807, 2.05) is 0 Å². The summed E-state index contributed by atoms with van der Waals surface area (Å²) in [5.74, 6) is -0.656. The van der Waals surface area contributed by atoms with Crippen molar-refractivity contribution in [1.82, 2.24) is 9.55 Å². The second kappa shape index (κ2) is 2.95. The van der Waals surface area contributed by atoms with Gasteiger partial charge in [0.05, 0.1) is 16.6 Å². The topological polar surface area (TPSA) is 60.9 Å². The molecule has 71 valence electrons. The van der Waals surface area contributed by atoms with Gasteiger partial charge in [0.1, 0.15) is 0 Å². The highest BCUT2D eigenvalue weighted by Gasteiger charge is 2.12. The number of pyridine rings is 1. The number of hydrogen-bond donors (Lipinski definition) is 1. The molecule has 2 N–H and O–H groups in total. The second-order valence-electron chi connectivity index (χ2n) is 2.60. The Bertz CT molecular complexity index is 523. The van der Waals surface area contributed by atoms with Crippen LogP contribution in [0.1, 0.15) is 0 Å². The molecule has 2 rings (SSSR count). The average Bonchev–Trinajstić information content (AvgIpc) is 2.55. The molecule has 1 radical (unpaired) electrons. The van der Waals surface area contributed by atoms with Crippen molar-refractivity contribution in [2.45, 2.75) is 0 Å². The van der Waals surface area contributed by atoms with Gasteiger partial charge in [-0.1, -0.05) is 11.6 Å². The molecular formula is C8H4ClFN3O. The van der Waals surface area contributed by atoms with Gasteiger partial charge < -0.3 is 5.73 Å². The minimum Gasteiger partial charge on any atom is -0.351 e. The second-order valence-corrected chi connectivity index (χ2v) is 3.01. The smallest absolute Gasteiger partial charge is 0.324 e. The number of fused-ring (bicyclic) bond motifs is 1. The van der Waals surface area contributed by atoms with E-state index in [4.69, 9.17) is 17.3 Å². The molecule has 0 atom stereocenters. The molecule has 2 heterocycles. The fraction of sp³-hybridized carbons (Fsp3) is 0. The van der Waals surface area contributed by atoms with Gasteiger partial charge in [0.15, 0.2) is 11.5 Å². The maximum atomic E-state index is 13.3. The summed E-state index contributed by atoms with van der Waals surface area (Å²) in [6.07, 6.45) is 2.34. The van der Waals surface area contributed by atoms with Crippen molar-refractivity contribution >= 4 is 28.7 Å². The first-order chi connectivity index (χ1) is 6.61. The monoisotopic (exact) mass is 212 g/mol. The number of carbonyl (C=O) groups is 1. The molecule has 2 aromatic rings. The summed E-state index contributed by atoms with van der Waals surface area (Å²) in [7, 11) is 0. The molecule has 0 aliphatic rings. The van der Waals surface area contributed by atoms with E-state index < -0.39 is 11.8 Å². The van der Waals surface area contributed by atoms with E-state index in [0.29, 0.717) is 0 Å². The standard InChI is InChI=1S/C8H4ClFN3O/c9-5-3-12-7-4(6(5)10)1-2-13(7)8(11)14/h2-3H,(H2,11,14). The van der Waals surface area contributed by atoms with Crippen LogP contribution in [0.4, 0.5) is 9.18 Å². The fourth-order valence-electron chi connectivity index (χ4n) is 1.13. The first kappa shape index (κ1) is 8.96. The Kier molecular flexibility index (Phi) is 1.89. The number of amides is 1. The van der Waals surface area contributed by atoms with Crippen molar-refractivity contribution in [3.63, 3.8) is 0 Å². The van der Waals surface area contributed by atoms with E-state index in [1.165, 1.54) is 6.20 Å². The summed E-state index contributed by atoms with van der Waals surface area (Å²) in [6.45, 7) is 0. The van der Waals surface area contributed by atoms with Crippen LogP contribution >= 0.6 is 11.6 Å². The van der Waals surface area contributed by atoms with Crippen molar-refractivity contribution < 1.29 is 9.18 Å². The zero-order valence-corrected chi connectivity index (χ0v) is 7.55. The molecule has 0 unspecified atom stereocenters. The number of halogens is 2. The Morgan fingerprint density at radius 3 is 3.07 bits per heavy atom. The minimum atomic E-state index is -0.745. The van der Waals surface area contributed by atoms with Gasteiger partial charge in [0.25, 0.3) is 0 Å². The average molecular weight is 213 g/mol. The van der Waals surface area contributed by atoms with Crippen molar-refractivity contribution in [2.24, 2.45) is 5.73 Å². The molecule has 0 bridgehead atoms. The lowest BCUT2D eigenvalue weighted by Gasteiger charge is -1.98. The largest absolute Gasteiger partial charge is 0.351 e. The van der Waals surface area contributed by atoms with Crippen LogP contribution in [-0.4, -0.2) is 15.6 Å². The lowest BCUT2D eigenvalue weighted by atomic mass is 10.3. The summed E-state index contributed by atoms with van der Waals surface area (Å²) in [5.41, 5.74) is 5.13. The van der Waals surface area contributed by atoms with Gasteiger partial charge in [-0.2, -0.15) is 0 Å². The SMILES string of the molecule is NC(=O)n1c[c]c2c(F)c(Cl)cnc21. The Morgan fingerprint density at radius 2 is 2.43 bits per heavy atom. The number of aromatic nitrogens is 2. The Hall–Kier alpha value is -1.62. The first-order valence-corrected chi connectivity index (χ1v) is 4.01. The van der Waals surface area contributed by atoms with Gasteiger partial charge in [0.2, 0.25) is 0 Å². The Morgan fingerprint density at radius 1 is 1.71 bits per heavy atom. The van der Waals surface area contributed by atoms with Crippen LogP contribution in [0.2, 0.25) is 5.02 Å². The third-order valence-electron chi connectivity index (χ3n) is 1.76. The summed E-state index contributed by atoms with van der Waals surface area (Å²) in [5, 5.41) is -0.0627. The molecule has 14 heavy (non-hydrogen) atoms. The van der Waals surface area contributed by atoms with E-state index in [-0.39, 0.29) is 16.1 Å². The molecule has 1 amide bonds. The summed E-state index contributed by atoms with van der Waals surface area (Å²) < 4.78 is 14.3. The predicted octanol–water partition coefficient (Wildman–Crippen LogP) is 1.56. The zero-order valence-electron chi connectivity index (χ0n) is 6.79. The first-order valence-electron chi connectivity index (χ1n) is 3.64. The third kappa shape index (κ3) is 1.13. The molecule has 4 nitrogen and oxygen atoms in total. The quantitative estimate of drug-likeness (QED) is 0.720. The lowest BCUT2D eigenvalue weighted by Crippen LogP contribution is -2.18. The van der Waals surface area contributed by atoms with Crippen molar-refractivity contribution in [3.05, 3.63) is 29.3 Å². The van der Waals surface area contributed by atoms with Crippen LogP contribution in [0.15, 0.2) is 12.4 Å². The normalized spacial score (nSPS) is 10.7. The number of nitrogens with zero attached hydrogens (tertiary/aromatic N) is 2. The van der Waals surface area contributed by atoms with Crippen LogP contribution in [0.3, 0.4) is 0 Å². The number of carbonyl (C=O) groups excluding carboxylic acids is 1. The lowest BCUT2D eigenvalue weighted by molar-refractivity contribution is 0.251. The van der Waals surface area contributed by atoms with Crippen LogP contribution in [0.25, 0.3) is 11.0 Å². The van der Waals surface area contributed by atoms with Crippen LogP contribution < -0.4 is 5.73 Å². The number of hydrogen-bond acceptors (Lipinski definition) is 2. The molecule has 0 aromatic carbocycles. The van der Waals surface area contributed by atoms with E-state index >= 15 is 0 Å². The van der Waals surface area contributed by atoms with E-state index in [0.717, 1.165) is 10.8 Å². The summed E-state index contributed by atoms with van der Waals surface area (Å²) in [6, 6.07) is 1.77. The summed E-state index contributed by atoms with van der Waals surface area (Å²) >= 11 is 5.49. The Balaban J connectivity index is 2.83. The molecule has 0 saturated heterocycles. The van der Waals surface area contributed by atoms with Crippen molar-refractivity contribution in [1.29, 1.82) is 0 Å². The Labute approximate surface area is 83.1 Å². The van der Waals surface area contributed by atoms with Gasteiger partial charge in [-0.3, -0.25) is 4.57 Å². The van der Waals surface area contributed by atoms with E-state index in [1.54, 1.807) is 0 Å². The van der Waals surface area contributed by atoms with Gasteiger partial charge in [0, 0.05) is 12.3 Å². The maximum absolute atomic E-state index is 13.3. The highest BCUT2D eigenvalue weighted by molar-refractivity contribution is 6.31. The summed E-state index contributed by atoms with van der Waals surface area (Å²) in [4.78, 5) is 14.6. The predicted molar refractivity (Wildman–Crippen MR) is 48.5 cm³/mol. The van der Waals surface area contributed by atoms with E-state index in [9.17, 15) is 9.18 Å². The number of primary amides is 1. The maximum Gasteiger partial charge on any atom is 0.324 e. The van der Waals surface area contributed by atoms with Gasteiger partial charge in [-0.05, 0) is 0 Å². The fourth-order valence-corrected chi connectivity index (χ4v) is 1.27. The molecule has 0 aliphatic heterocycles. The highest BCUT2D eigenvalue weighted by atomic mass is 35.5. The van der Waals surface area contributed by atoms with Crippen LogP contribution in [0.5, 0.6) is 0 Å². The van der Waals surface area contributed by atoms with Gasteiger partial charge >= 0.3 is 6.03 Å². The van der Waals surface area contributed by atoms with Crippen molar-refractivity contribution in [2.75, 3.05) is 0 Å². The van der Waals surface area contributed by atoms with Gasteiger partial charge in [-0.15, -0.1) is 0 Å². The van der Waals surface area contributed by atoms with E-state index in [2.05, 4.69) is 11.1 Å². The molecule has 2 aromatic heterocycles.